The first-order valence-corrected chi connectivity index (χ1v) is 10.7. The average molecular weight is 448 g/mol. The highest BCUT2D eigenvalue weighted by molar-refractivity contribution is 7.16. The second-order valence-electron chi connectivity index (χ2n) is 7.35. The number of aryl methyl sites for hydroxylation is 1. The van der Waals surface area contributed by atoms with E-state index in [1.807, 2.05) is 61.5 Å². The van der Waals surface area contributed by atoms with Crippen molar-refractivity contribution in [3.63, 3.8) is 0 Å². The number of nitrogens with one attached hydrogen (secondary N) is 2. The smallest absolute Gasteiger partial charge is 0.256 e. The van der Waals surface area contributed by atoms with Crippen molar-refractivity contribution in [2.24, 2.45) is 5.10 Å². The molecule has 0 spiro atoms. The highest BCUT2D eigenvalue weighted by Crippen LogP contribution is 2.39. The van der Waals surface area contributed by atoms with Crippen molar-refractivity contribution in [3.05, 3.63) is 70.6 Å². The van der Waals surface area contributed by atoms with Gasteiger partial charge in [-0.1, -0.05) is 71.5 Å². The summed E-state index contributed by atoms with van der Waals surface area (Å²) in [5.74, 6) is -0.764. The van der Waals surface area contributed by atoms with Gasteiger partial charge in [-0.2, -0.15) is 5.10 Å². The van der Waals surface area contributed by atoms with Gasteiger partial charge in [0.25, 0.3) is 5.91 Å². The molecule has 32 heavy (non-hydrogen) atoms. The van der Waals surface area contributed by atoms with Gasteiger partial charge in [0.1, 0.15) is 0 Å². The summed E-state index contributed by atoms with van der Waals surface area (Å²) in [7, 11) is 0. The standard InChI is InChI=1S/C23H21N5O3S/c1-13-9-11-17(12-10-13)21-26-22(31)19(28(27-21)15(3)30)20-18(16-7-5-4-6-8-16)25-23(32-20)24-14(2)29/h4-12,19H,1-3H3,(H,24,25,29)(H,26,27,31). The molecule has 2 heterocycles. The van der Waals surface area contributed by atoms with Crippen molar-refractivity contribution in [1.82, 2.24) is 15.3 Å². The Kier molecular flexibility index (Phi) is 5.83. The molecule has 0 radical (unpaired) electrons. The van der Waals surface area contributed by atoms with Crippen molar-refractivity contribution in [2.75, 3.05) is 5.32 Å². The molecule has 1 aliphatic rings. The summed E-state index contributed by atoms with van der Waals surface area (Å²) in [5, 5.41) is 11.5. The van der Waals surface area contributed by atoms with Crippen molar-refractivity contribution in [2.45, 2.75) is 26.8 Å². The number of rotatable bonds is 4. The van der Waals surface area contributed by atoms with Gasteiger partial charge in [0.05, 0.1) is 10.6 Å². The minimum atomic E-state index is -1.02. The van der Waals surface area contributed by atoms with E-state index in [1.165, 1.54) is 18.9 Å². The number of aromatic nitrogens is 1. The van der Waals surface area contributed by atoms with Crippen LogP contribution in [0.4, 0.5) is 5.13 Å². The molecule has 2 N–H and O–H groups in total. The molecule has 0 aliphatic carbocycles. The molecular formula is C23H21N5O3S. The predicted octanol–water partition coefficient (Wildman–Crippen LogP) is 3.46. The number of hydrogen-bond donors (Lipinski definition) is 2. The van der Waals surface area contributed by atoms with E-state index in [-0.39, 0.29) is 11.8 Å². The van der Waals surface area contributed by atoms with E-state index in [0.717, 1.165) is 22.5 Å². The molecule has 3 amide bonds. The number of carbonyl (C=O) groups excluding carboxylic acids is 3. The van der Waals surface area contributed by atoms with Gasteiger partial charge in [-0.25, -0.2) is 9.99 Å². The molecule has 1 aromatic heterocycles. The third kappa shape index (κ3) is 4.28. The lowest BCUT2D eigenvalue weighted by atomic mass is 10.1. The maximum absolute atomic E-state index is 13.3. The number of benzene rings is 2. The molecule has 1 aliphatic heterocycles. The van der Waals surface area contributed by atoms with E-state index in [9.17, 15) is 14.4 Å². The summed E-state index contributed by atoms with van der Waals surface area (Å²) >= 11 is 1.15. The first-order chi connectivity index (χ1) is 15.3. The Morgan fingerprint density at radius 2 is 1.72 bits per heavy atom. The second-order valence-corrected chi connectivity index (χ2v) is 8.38. The minimum absolute atomic E-state index is 0.277. The molecule has 0 fully saturated rings. The first kappa shape index (κ1) is 21.4. The Hall–Kier alpha value is -3.85. The molecule has 2 aromatic carbocycles. The van der Waals surface area contributed by atoms with Crippen LogP contribution in [0.5, 0.6) is 0 Å². The third-order valence-corrected chi connectivity index (χ3v) is 5.85. The molecule has 9 heteroatoms. The molecule has 1 unspecified atom stereocenters. The molecule has 1 atom stereocenters. The van der Waals surface area contributed by atoms with Crippen LogP contribution in [0.3, 0.4) is 0 Å². The summed E-state index contributed by atoms with van der Waals surface area (Å²) in [6.45, 7) is 4.71. The van der Waals surface area contributed by atoms with Crippen LogP contribution in [0.15, 0.2) is 59.7 Å². The lowest BCUT2D eigenvalue weighted by Gasteiger charge is -2.30. The molecular weight excluding hydrogens is 426 g/mol. The van der Waals surface area contributed by atoms with Gasteiger partial charge in [-0.05, 0) is 6.92 Å². The Morgan fingerprint density at radius 3 is 2.34 bits per heavy atom. The van der Waals surface area contributed by atoms with Crippen molar-refractivity contribution < 1.29 is 14.4 Å². The summed E-state index contributed by atoms with van der Waals surface area (Å²) in [6, 6.07) is 15.8. The van der Waals surface area contributed by atoms with Crippen LogP contribution in [-0.2, 0) is 14.4 Å². The lowest BCUT2D eigenvalue weighted by Crippen LogP contribution is -2.48. The Labute approximate surface area is 189 Å². The predicted molar refractivity (Wildman–Crippen MR) is 123 cm³/mol. The monoisotopic (exact) mass is 447 g/mol. The van der Waals surface area contributed by atoms with Crippen molar-refractivity contribution >= 4 is 40.0 Å². The van der Waals surface area contributed by atoms with Crippen LogP contribution in [0.1, 0.15) is 35.9 Å². The van der Waals surface area contributed by atoms with Crippen molar-refractivity contribution in [3.8, 4) is 11.3 Å². The van der Waals surface area contributed by atoms with E-state index in [4.69, 9.17) is 0 Å². The van der Waals surface area contributed by atoms with Gasteiger partial charge < -0.3 is 10.6 Å². The van der Waals surface area contributed by atoms with Crippen LogP contribution in [0.25, 0.3) is 11.3 Å². The quantitative estimate of drug-likeness (QED) is 0.639. The molecule has 0 saturated carbocycles. The number of hydrogen-bond acceptors (Lipinski definition) is 6. The summed E-state index contributed by atoms with van der Waals surface area (Å²) < 4.78 is 0. The number of thiazole rings is 1. The lowest BCUT2D eigenvalue weighted by molar-refractivity contribution is -0.139. The second kappa shape index (κ2) is 8.72. The number of anilines is 1. The largest absolute Gasteiger partial charge is 0.307 e. The SMILES string of the molecule is CC(=O)Nc1nc(-c2ccccc2)c(C2C(=O)NC(c3ccc(C)cc3)=NN2C(C)=O)s1. The normalized spacial score (nSPS) is 15.7. The number of hydrazone groups is 1. The maximum Gasteiger partial charge on any atom is 0.256 e. The zero-order valence-electron chi connectivity index (χ0n) is 17.7. The number of amidine groups is 1. The minimum Gasteiger partial charge on any atom is -0.307 e. The zero-order valence-corrected chi connectivity index (χ0v) is 18.6. The van der Waals surface area contributed by atoms with E-state index < -0.39 is 11.9 Å². The summed E-state index contributed by atoms with van der Waals surface area (Å²) in [5.41, 5.74) is 3.04. The Morgan fingerprint density at radius 1 is 1.03 bits per heavy atom. The van der Waals surface area contributed by atoms with E-state index in [2.05, 4.69) is 20.7 Å². The molecule has 0 bridgehead atoms. The third-order valence-electron chi connectivity index (χ3n) is 4.82. The molecule has 8 nitrogen and oxygen atoms in total. The molecule has 162 valence electrons. The highest BCUT2D eigenvalue weighted by Gasteiger charge is 2.38. The highest BCUT2D eigenvalue weighted by atomic mass is 32.1. The first-order valence-electron chi connectivity index (χ1n) is 9.93. The van der Waals surface area contributed by atoms with Gasteiger partial charge in [-0.15, -0.1) is 0 Å². The fourth-order valence-electron chi connectivity index (χ4n) is 3.33. The van der Waals surface area contributed by atoms with Crippen LogP contribution in [0, 0.1) is 6.92 Å². The number of nitrogens with zero attached hydrogens (tertiary/aromatic N) is 3. The maximum atomic E-state index is 13.3. The Bertz CT molecular complexity index is 1220. The van der Waals surface area contributed by atoms with E-state index in [1.54, 1.807) is 0 Å². The van der Waals surface area contributed by atoms with Gasteiger partial charge in [-0.3, -0.25) is 14.4 Å². The van der Waals surface area contributed by atoms with Crippen LogP contribution in [0.2, 0.25) is 0 Å². The van der Waals surface area contributed by atoms with Crippen LogP contribution >= 0.6 is 11.3 Å². The topological polar surface area (TPSA) is 104 Å². The van der Waals surface area contributed by atoms with E-state index in [0.29, 0.717) is 27.1 Å². The molecule has 3 aromatic rings. The average Bonchev–Trinajstić information content (AvgIpc) is 3.16. The van der Waals surface area contributed by atoms with Crippen molar-refractivity contribution in [1.29, 1.82) is 0 Å². The zero-order chi connectivity index (χ0) is 22.8. The molecule has 0 saturated heterocycles. The fourth-order valence-corrected chi connectivity index (χ4v) is 4.45. The number of amides is 3. The van der Waals surface area contributed by atoms with Gasteiger partial charge in [0.2, 0.25) is 11.8 Å². The van der Waals surface area contributed by atoms with Gasteiger partial charge in [0.15, 0.2) is 17.0 Å². The van der Waals surface area contributed by atoms with E-state index >= 15 is 0 Å². The number of carbonyl (C=O) groups is 3. The summed E-state index contributed by atoms with van der Waals surface area (Å²) in [6.07, 6.45) is 0. The van der Waals surface area contributed by atoms with Crippen LogP contribution < -0.4 is 10.6 Å². The summed E-state index contributed by atoms with van der Waals surface area (Å²) in [4.78, 5) is 42.5. The van der Waals surface area contributed by atoms with Gasteiger partial charge in [0, 0.05) is 25.0 Å². The molecule has 4 rings (SSSR count). The fraction of sp³-hybridized carbons (Fsp3) is 0.174. The Balaban J connectivity index is 1.82. The van der Waals surface area contributed by atoms with Gasteiger partial charge >= 0.3 is 0 Å². The van der Waals surface area contributed by atoms with Crippen LogP contribution in [-0.4, -0.2) is 33.6 Å².